The number of anilines is 3. The molecule has 0 bridgehead atoms. The van der Waals surface area contributed by atoms with Crippen molar-refractivity contribution in [2.75, 3.05) is 17.3 Å². The molecule has 2 aromatic rings. The van der Waals surface area contributed by atoms with E-state index in [-0.39, 0.29) is 0 Å². The summed E-state index contributed by atoms with van der Waals surface area (Å²) in [6, 6.07) is 5.55. The minimum atomic E-state index is 0.430. The van der Waals surface area contributed by atoms with Gasteiger partial charge in [0, 0.05) is 17.2 Å². The fourth-order valence-electron chi connectivity index (χ4n) is 1.21. The summed E-state index contributed by atoms with van der Waals surface area (Å²) in [5, 5.41) is 3.10. The van der Waals surface area contributed by atoms with E-state index in [9.17, 15) is 0 Å². The Morgan fingerprint density at radius 2 is 2.19 bits per heavy atom. The van der Waals surface area contributed by atoms with Crippen molar-refractivity contribution in [3.63, 3.8) is 0 Å². The Morgan fingerprint density at radius 3 is 2.94 bits per heavy atom. The average molecular weight is 233 g/mol. The molecule has 0 aliphatic rings. The summed E-state index contributed by atoms with van der Waals surface area (Å²) in [5.74, 6) is 1.84. The van der Waals surface area contributed by atoms with Crippen LogP contribution in [0.5, 0.6) is 0 Å². The Balaban J connectivity index is 2.26. The lowest BCUT2D eigenvalue weighted by molar-refractivity contribution is 1.15. The first-order valence-corrected chi connectivity index (χ1v) is 5.85. The van der Waals surface area contributed by atoms with E-state index in [1.807, 2.05) is 18.4 Å². The summed E-state index contributed by atoms with van der Waals surface area (Å²) in [5.41, 5.74) is 5.57. The van der Waals surface area contributed by atoms with E-state index in [4.69, 9.17) is 5.73 Å². The average Bonchev–Trinajstić information content (AvgIpc) is 2.30. The van der Waals surface area contributed by atoms with Crippen LogP contribution in [-0.2, 0) is 0 Å². The third-order valence-corrected chi connectivity index (χ3v) is 2.69. The van der Waals surface area contributed by atoms with Crippen molar-refractivity contribution in [3.05, 3.63) is 30.7 Å². The standard InChI is InChI=1S/C10H11N5S/c1-16-7-3-2-4-12-10(7)15-9-5-8(11)13-6-14-9/h2-6H,1H3,(H3,11,12,13,14,15). The van der Waals surface area contributed by atoms with Crippen LogP contribution in [0.15, 0.2) is 35.6 Å². The van der Waals surface area contributed by atoms with Crippen molar-refractivity contribution >= 4 is 29.2 Å². The SMILES string of the molecule is CSc1cccnc1Nc1cc(N)ncn1. The topological polar surface area (TPSA) is 76.7 Å². The third-order valence-electron chi connectivity index (χ3n) is 1.93. The van der Waals surface area contributed by atoms with Crippen LogP contribution in [0.1, 0.15) is 0 Å². The van der Waals surface area contributed by atoms with Crippen molar-refractivity contribution in [3.8, 4) is 0 Å². The van der Waals surface area contributed by atoms with Gasteiger partial charge in [0.05, 0.1) is 0 Å². The molecule has 0 unspecified atom stereocenters. The molecule has 5 nitrogen and oxygen atoms in total. The van der Waals surface area contributed by atoms with Gasteiger partial charge in [0.1, 0.15) is 23.8 Å². The summed E-state index contributed by atoms with van der Waals surface area (Å²) in [4.78, 5) is 13.2. The number of nitrogens with one attached hydrogen (secondary N) is 1. The summed E-state index contributed by atoms with van der Waals surface area (Å²) >= 11 is 1.62. The van der Waals surface area contributed by atoms with Crippen LogP contribution in [-0.4, -0.2) is 21.2 Å². The van der Waals surface area contributed by atoms with Gasteiger partial charge in [-0.3, -0.25) is 0 Å². The number of nitrogen functional groups attached to an aromatic ring is 1. The fourth-order valence-corrected chi connectivity index (χ4v) is 1.72. The van der Waals surface area contributed by atoms with E-state index in [0.29, 0.717) is 11.6 Å². The van der Waals surface area contributed by atoms with Gasteiger partial charge in [0.2, 0.25) is 0 Å². The van der Waals surface area contributed by atoms with Crippen molar-refractivity contribution in [1.29, 1.82) is 0 Å². The first-order valence-electron chi connectivity index (χ1n) is 4.63. The van der Waals surface area contributed by atoms with Gasteiger partial charge in [0.25, 0.3) is 0 Å². The van der Waals surface area contributed by atoms with Crippen LogP contribution in [0.4, 0.5) is 17.5 Å². The molecule has 0 saturated heterocycles. The minimum absolute atomic E-state index is 0.430. The van der Waals surface area contributed by atoms with Gasteiger partial charge >= 0.3 is 0 Å². The molecule has 16 heavy (non-hydrogen) atoms. The molecule has 0 aromatic carbocycles. The Bertz CT molecular complexity index is 488. The smallest absolute Gasteiger partial charge is 0.145 e. The summed E-state index contributed by atoms with van der Waals surface area (Å²) in [6.07, 6.45) is 5.14. The van der Waals surface area contributed by atoms with E-state index in [0.717, 1.165) is 10.7 Å². The maximum Gasteiger partial charge on any atom is 0.145 e. The second-order valence-electron chi connectivity index (χ2n) is 3.01. The van der Waals surface area contributed by atoms with Gasteiger partial charge in [-0.05, 0) is 18.4 Å². The number of nitrogens with zero attached hydrogens (tertiary/aromatic N) is 3. The van der Waals surface area contributed by atoms with Crippen LogP contribution < -0.4 is 11.1 Å². The van der Waals surface area contributed by atoms with E-state index in [2.05, 4.69) is 20.3 Å². The zero-order valence-electron chi connectivity index (χ0n) is 8.71. The molecule has 0 saturated carbocycles. The lowest BCUT2D eigenvalue weighted by Crippen LogP contribution is -1.99. The minimum Gasteiger partial charge on any atom is -0.384 e. The second kappa shape index (κ2) is 4.80. The fraction of sp³-hybridized carbons (Fsp3) is 0.100. The van der Waals surface area contributed by atoms with Crippen LogP contribution in [0.3, 0.4) is 0 Å². The van der Waals surface area contributed by atoms with Gasteiger partial charge in [-0.1, -0.05) is 0 Å². The van der Waals surface area contributed by atoms with Gasteiger partial charge in [-0.25, -0.2) is 15.0 Å². The van der Waals surface area contributed by atoms with Gasteiger partial charge in [-0.2, -0.15) is 0 Å². The number of nitrogens with two attached hydrogens (primary N) is 1. The first kappa shape index (κ1) is 10.7. The van der Waals surface area contributed by atoms with Crippen molar-refractivity contribution in [1.82, 2.24) is 15.0 Å². The Hall–Kier alpha value is -1.82. The van der Waals surface area contributed by atoms with Gasteiger partial charge < -0.3 is 11.1 Å². The van der Waals surface area contributed by atoms with Gasteiger partial charge in [0.15, 0.2) is 0 Å². The first-order chi connectivity index (χ1) is 7.79. The Kier molecular flexibility index (Phi) is 3.21. The Labute approximate surface area is 97.5 Å². The number of rotatable bonds is 3. The molecular weight excluding hydrogens is 222 g/mol. The monoisotopic (exact) mass is 233 g/mol. The molecule has 2 rings (SSSR count). The van der Waals surface area contributed by atoms with Crippen LogP contribution in [0.2, 0.25) is 0 Å². The van der Waals surface area contributed by atoms with E-state index >= 15 is 0 Å². The molecule has 0 atom stereocenters. The number of pyridine rings is 1. The molecule has 0 radical (unpaired) electrons. The maximum absolute atomic E-state index is 5.57. The van der Waals surface area contributed by atoms with Crippen molar-refractivity contribution in [2.24, 2.45) is 0 Å². The van der Waals surface area contributed by atoms with Crippen molar-refractivity contribution in [2.45, 2.75) is 4.90 Å². The molecule has 0 aliphatic heterocycles. The van der Waals surface area contributed by atoms with E-state index in [1.54, 1.807) is 24.0 Å². The van der Waals surface area contributed by atoms with Gasteiger partial charge in [-0.15, -0.1) is 11.8 Å². The number of hydrogen-bond acceptors (Lipinski definition) is 6. The molecule has 0 spiro atoms. The predicted molar refractivity (Wildman–Crippen MR) is 65.7 cm³/mol. The van der Waals surface area contributed by atoms with Crippen LogP contribution in [0.25, 0.3) is 0 Å². The highest BCUT2D eigenvalue weighted by atomic mass is 32.2. The zero-order chi connectivity index (χ0) is 11.4. The molecule has 82 valence electrons. The highest BCUT2D eigenvalue weighted by Gasteiger charge is 2.03. The molecule has 0 fully saturated rings. The van der Waals surface area contributed by atoms with E-state index < -0.39 is 0 Å². The third kappa shape index (κ3) is 2.40. The number of thioether (sulfide) groups is 1. The lowest BCUT2D eigenvalue weighted by Gasteiger charge is -2.07. The number of hydrogen-bond donors (Lipinski definition) is 2. The molecule has 6 heteroatoms. The summed E-state index contributed by atoms with van der Waals surface area (Å²) in [7, 11) is 0. The summed E-state index contributed by atoms with van der Waals surface area (Å²) in [6.45, 7) is 0. The van der Waals surface area contributed by atoms with Crippen LogP contribution >= 0.6 is 11.8 Å². The second-order valence-corrected chi connectivity index (χ2v) is 3.86. The highest BCUT2D eigenvalue weighted by molar-refractivity contribution is 7.98. The molecule has 0 amide bonds. The quantitative estimate of drug-likeness (QED) is 0.789. The summed E-state index contributed by atoms with van der Waals surface area (Å²) < 4.78 is 0. The molecule has 2 heterocycles. The highest BCUT2D eigenvalue weighted by Crippen LogP contribution is 2.24. The van der Waals surface area contributed by atoms with Crippen molar-refractivity contribution < 1.29 is 0 Å². The molecule has 2 aromatic heterocycles. The number of aromatic nitrogens is 3. The van der Waals surface area contributed by atoms with E-state index in [1.165, 1.54) is 6.33 Å². The largest absolute Gasteiger partial charge is 0.384 e. The normalized spacial score (nSPS) is 10.1. The molecular formula is C10H11N5S. The van der Waals surface area contributed by atoms with Crippen LogP contribution in [0, 0.1) is 0 Å². The predicted octanol–water partition coefficient (Wildman–Crippen LogP) is 1.92. The Morgan fingerprint density at radius 1 is 1.31 bits per heavy atom. The molecule has 0 aliphatic carbocycles. The maximum atomic E-state index is 5.57. The lowest BCUT2D eigenvalue weighted by atomic mass is 10.4. The zero-order valence-corrected chi connectivity index (χ0v) is 9.53. The molecule has 3 N–H and O–H groups in total.